The lowest BCUT2D eigenvalue weighted by Gasteiger charge is -2.18. The molecule has 3 rings (SSSR count). The molecule has 0 amide bonds. The largest absolute Gasteiger partial charge is 0.478 e. The molecule has 0 fully saturated rings. The topological polar surface area (TPSA) is 129 Å². The van der Waals surface area contributed by atoms with Crippen molar-refractivity contribution in [2.45, 2.75) is 4.90 Å². The fourth-order valence-electron chi connectivity index (χ4n) is 3.04. The fraction of sp³-hybridized carbons (Fsp3) is 0. The van der Waals surface area contributed by atoms with Crippen LogP contribution in [-0.2, 0) is 10.1 Å². The van der Waals surface area contributed by atoms with Gasteiger partial charge in [0.2, 0.25) is 0 Å². The van der Waals surface area contributed by atoms with E-state index in [4.69, 9.17) is 0 Å². The smallest absolute Gasteiger partial charge is 0.337 e. The number of carboxylic acids is 2. The quantitative estimate of drug-likeness (QED) is 0.559. The van der Waals surface area contributed by atoms with Gasteiger partial charge in [0, 0.05) is 11.1 Å². The molecule has 142 valence electrons. The second-order valence-electron chi connectivity index (χ2n) is 5.86. The summed E-state index contributed by atoms with van der Waals surface area (Å²) >= 11 is 0. The second-order valence-corrected chi connectivity index (χ2v) is 7.25. The van der Waals surface area contributed by atoms with Crippen molar-refractivity contribution >= 4 is 22.1 Å². The van der Waals surface area contributed by atoms with Crippen molar-refractivity contribution in [3.8, 4) is 22.3 Å². The van der Waals surface area contributed by atoms with Crippen LogP contribution in [-0.4, -0.2) is 35.1 Å². The van der Waals surface area contributed by atoms with Crippen LogP contribution in [0.5, 0.6) is 0 Å². The predicted octanol–water partition coefficient (Wildman–Crippen LogP) is 3.66. The first-order chi connectivity index (χ1) is 13.2. The minimum atomic E-state index is -4.92. The number of rotatable bonds is 5. The predicted molar refractivity (Wildman–Crippen MR) is 101 cm³/mol. The van der Waals surface area contributed by atoms with Crippen molar-refractivity contribution in [2.24, 2.45) is 0 Å². The summed E-state index contributed by atoms with van der Waals surface area (Å²) in [5.74, 6) is -3.04. The molecular weight excluding hydrogens is 384 g/mol. The van der Waals surface area contributed by atoms with Gasteiger partial charge in [-0.2, -0.15) is 8.42 Å². The minimum Gasteiger partial charge on any atom is -0.478 e. The molecule has 3 aromatic rings. The molecule has 0 aliphatic heterocycles. The first-order valence-corrected chi connectivity index (χ1v) is 9.41. The summed E-state index contributed by atoms with van der Waals surface area (Å²) in [6.45, 7) is 0. The van der Waals surface area contributed by atoms with Crippen LogP contribution in [0.15, 0.2) is 71.6 Å². The summed E-state index contributed by atoms with van der Waals surface area (Å²) < 4.78 is 33.7. The summed E-state index contributed by atoms with van der Waals surface area (Å²) in [5.41, 5.74) is -0.995. The maximum atomic E-state index is 12.2. The normalized spacial score (nSPS) is 11.2. The van der Waals surface area contributed by atoms with Crippen molar-refractivity contribution in [3.05, 3.63) is 77.9 Å². The number of hydrogen-bond donors (Lipinski definition) is 3. The molecule has 0 spiro atoms. The fourth-order valence-corrected chi connectivity index (χ4v) is 3.79. The maximum Gasteiger partial charge on any atom is 0.337 e. The summed E-state index contributed by atoms with van der Waals surface area (Å²) in [4.78, 5) is 23.2. The zero-order valence-electron chi connectivity index (χ0n) is 14.2. The van der Waals surface area contributed by atoms with Gasteiger partial charge in [-0.15, -0.1) is 0 Å². The molecule has 0 heterocycles. The van der Waals surface area contributed by atoms with Gasteiger partial charge in [-0.3, -0.25) is 4.55 Å². The summed E-state index contributed by atoms with van der Waals surface area (Å²) in [6.07, 6.45) is 0. The van der Waals surface area contributed by atoms with Crippen LogP contribution in [0.1, 0.15) is 20.7 Å². The first-order valence-electron chi connectivity index (χ1n) is 7.97. The maximum absolute atomic E-state index is 12.2. The third-order valence-electron chi connectivity index (χ3n) is 4.14. The number of benzene rings is 3. The van der Waals surface area contributed by atoms with Gasteiger partial charge in [-0.05, 0) is 17.2 Å². The van der Waals surface area contributed by atoms with Crippen LogP contribution in [0.2, 0.25) is 0 Å². The van der Waals surface area contributed by atoms with Crippen molar-refractivity contribution < 1.29 is 32.8 Å². The molecule has 8 heteroatoms. The lowest BCUT2D eigenvalue weighted by molar-refractivity contribution is 0.0696. The van der Waals surface area contributed by atoms with E-state index in [1.807, 2.05) is 0 Å². The van der Waals surface area contributed by atoms with Crippen molar-refractivity contribution in [1.82, 2.24) is 0 Å². The highest BCUT2D eigenvalue weighted by molar-refractivity contribution is 7.86. The lowest BCUT2D eigenvalue weighted by Crippen LogP contribution is -2.14. The van der Waals surface area contributed by atoms with Gasteiger partial charge in [0.15, 0.2) is 0 Å². The highest BCUT2D eigenvalue weighted by Gasteiger charge is 2.31. The molecule has 3 N–H and O–H groups in total. The number of aromatic carboxylic acids is 2. The number of carboxylic acid groups (broad SMARTS) is 2. The van der Waals surface area contributed by atoms with Gasteiger partial charge >= 0.3 is 11.9 Å². The molecule has 0 aliphatic rings. The van der Waals surface area contributed by atoms with E-state index in [-0.39, 0.29) is 22.3 Å². The zero-order valence-corrected chi connectivity index (χ0v) is 15.1. The van der Waals surface area contributed by atoms with E-state index < -0.39 is 38.1 Å². The van der Waals surface area contributed by atoms with E-state index in [2.05, 4.69) is 0 Å². The van der Waals surface area contributed by atoms with Gasteiger partial charge in [-0.25, -0.2) is 9.59 Å². The molecule has 7 nitrogen and oxygen atoms in total. The Labute approximate surface area is 160 Å². The third kappa shape index (κ3) is 3.51. The van der Waals surface area contributed by atoms with E-state index >= 15 is 0 Å². The molecule has 0 unspecified atom stereocenters. The SMILES string of the molecule is O=C(O)c1cc(S(=O)(=O)O)c(-c2ccccc2)c(C(=O)O)c1-c1ccccc1. The first kappa shape index (κ1) is 19.3. The summed E-state index contributed by atoms with van der Waals surface area (Å²) in [6, 6.07) is 16.5. The van der Waals surface area contributed by atoms with E-state index in [1.165, 1.54) is 24.3 Å². The Balaban J connectivity index is 2.61. The van der Waals surface area contributed by atoms with Gasteiger partial charge in [0.25, 0.3) is 10.1 Å². The molecule has 0 bridgehead atoms. The molecule has 0 aromatic heterocycles. The monoisotopic (exact) mass is 398 g/mol. The highest BCUT2D eigenvalue weighted by Crippen LogP contribution is 2.40. The minimum absolute atomic E-state index is 0.146. The van der Waals surface area contributed by atoms with Crippen molar-refractivity contribution in [3.63, 3.8) is 0 Å². The van der Waals surface area contributed by atoms with Gasteiger partial charge in [-0.1, -0.05) is 60.7 Å². The van der Waals surface area contributed by atoms with E-state index in [0.29, 0.717) is 0 Å². The molecule has 0 saturated carbocycles. The van der Waals surface area contributed by atoms with Crippen LogP contribution >= 0.6 is 0 Å². The highest BCUT2D eigenvalue weighted by atomic mass is 32.2. The Kier molecular flexibility index (Phi) is 5.00. The van der Waals surface area contributed by atoms with Crippen LogP contribution in [0.4, 0.5) is 0 Å². The summed E-state index contributed by atoms with van der Waals surface area (Å²) in [5, 5.41) is 19.5. The van der Waals surface area contributed by atoms with E-state index in [1.54, 1.807) is 36.4 Å². The molecular formula is C20H14O7S. The van der Waals surface area contributed by atoms with Gasteiger partial charge in [0.1, 0.15) is 4.90 Å². The standard InChI is InChI=1S/C20H14O7S/c21-19(22)14-11-15(28(25,26)27)17(13-9-5-2-6-10-13)18(20(23)24)16(14)12-7-3-1-4-8-12/h1-11H,(H,21,22)(H,23,24)(H,25,26,27). The zero-order chi connectivity index (χ0) is 20.5. The Morgan fingerprint density at radius 1 is 0.714 bits per heavy atom. The molecule has 0 atom stereocenters. The van der Waals surface area contributed by atoms with E-state index in [9.17, 15) is 32.8 Å². The van der Waals surface area contributed by atoms with Crippen LogP contribution in [0, 0.1) is 0 Å². The summed E-state index contributed by atoms with van der Waals surface area (Å²) in [7, 11) is -4.92. The second kappa shape index (κ2) is 7.26. The number of carbonyl (C=O) groups is 2. The van der Waals surface area contributed by atoms with Crippen LogP contribution in [0.3, 0.4) is 0 Å². The average molecular weight is 398 g/mol. The molecule has 28 heavy (non-hydrogen) atoms. The van der Waals surface area contributed by atoms with E-state index in [0.717, 1.165) is 6.07 Å². The van der Waals surface area contributed by atoms with Crippen molar-refractivity contribution in [2.75, 3.05) is 0 Å². The number of hydrogen-bond acceptors (Lipinski definition) is 4. The third-order valence-corrected chi connectivity index (χ3v) is 5.02. The van der Waals surface area contributed by atoms with Gasteiger partial charge in [0.05, 0.1) is 11.1 Å². The van der Waals surface area contributed by atoms with Gasteiger partial charge < -0.3 is 10.2 Å². The Hall–Kier alpha value is -3.49. The van der Waals surface area contributed by atoms with Crippen molar-refractivity contribution in [1.29, 1.82) is 0 Å². The van der Waals surface area contributed by atoms with Crippen LogP contribution in [0.25, 0.3) is 22.3 Å². The molecule has 0 saturated heterocycles. The Morgan fingerprint density at radius 3 is 1.57 bits per heavy atom. The molecule has 0 radical (unpaired) electrons. The molecule has 3 aromatic carbocycles. The average Bonchev–Trinajstić information content (AvgIpc) is 2.66. The Bertz CT molecular complexity index is 1170. The molecule has 0 aliphatic carbocycles. The lowest BCUT2D eigenvalue weighted by atomic mass is 9.88. The van der Waals surface area contributed by atoms with Crippen LogP contribution < -0.4 is 0 Å². The Morgan fingerprint density at radius 2 is 1.18 bits per heavy atom.